The first-order valence-corrected chi connectivity index (χ1v) is 5.97. The molecule has 88 valence electrons. The summed E-state index contributed by atoms with van der Waals surface area (Å²) in [7, 11) is 0. The molecule has 1 heteroatoms. The van der Waals surface area contributed by atoms with Crippen LogP contribution in [0.3, 0.4) is 0 Å². The van der Waals surface area contributed by atoms with Crippen LogP contribution in [0.25, 0.3) is 0 Å². The highest BCUT2D eigenvalue weighted by molar-refractivity contribution is 5.33. The minimum absolute atomic E-state index is 0.0561. The molecule has 1 rings (SSSR count). The fourth-order valence-electron chi connectivity index (χ4n) is 1.93. The lowest BCUT2D eigenvalue weighted by Crippen LogP contribution is -2.01. The lowest BCUT2D eigenvalue weighted by Gasteiger charge is -2.16. The number of hydrogen-bond donors (Lipinski definition) is 0. The molecule has 16 heavy (non-hydrogen) atoms. The maximum absolute atomic E-state index is 13.9. The topological polar surface area (TPSA) is 0 Å². The summed E-state index contributed by atoms with van der Waals surface area (Å²) >= 11 is 0. The fraction of sp³-hybridized carbons (Fsp3) is 0.467. The van der Waals surface area contributed by atoms with Gasteiger partial charge in [-0.2, -0.15) is 0 Å². The van der Waals surface area contributed by atoms with Gasteiger partial charge in [-0.15, -0.1) is 0 Å². The van der Waals surface area contributed by atoms with E-state index in [-0.39, 0.29) is 5.82 Å². The van der Waals surface area contributed by atoms with Gasteiger partial charge in [0.1, 0.15) is 5.82 Å². The SMILES string of the molecule is C/C=C\CC(CC)c1cc(C)c(C)cc1F. The highest BCUT2D eigenvalue weighted by atomic mass is 19.1. The van der Waals surface area contributed by atoms with Gasteiger partial charge in [0.25, 0.3) is 0 Å². The van der Waals surface area contributed by atoms with Gasteiger partial charge in [-0.3, -0.25) is 0 Å². The summed E-state index contributed by atoms with van der Waals surface area (Å²) in [5.41, 5.74) is 3.07. The molecule has 0 bridgehead atoms. The number of hydrogen-bond acceptors (Lipinski definition) is 0. The zero-order valence-electron chi connectivity index (χ0n) is 10.7. The van der Waals surface area contributed by atoms with Gasteiger partial charge in [0, 0.05) is 0 Å². The van der Waals surface area contributed by atoms with E-state index in [2.05, 4.69) is 13.0 Å². The molecule has 1 aromatic carbocycles. The molecule has 0 N–H and O–H groups in total. The van der Waals surface area contributed by atoms with Crippen molar-refractivity contribution >= 4 is 0 Å². The third-order valence-corrected chi connectivity index (χ3v) is 3.20. The van der Waals surface area contributed by atoms with Crippen LogP contribution in [0.1, 0.15) is 49.3 Å². The summed E-state index contributed by atoms with van der Waals surface area (Å²) < 4.78 is 13.9. The van der Waals surface area contributed by atoms with E-state index in [9.17, 15) is 4.39 Å². The molecule has 0 spiro atoms. The van der Waals surface area contributed by atoms with E-state index in [1.165, 1.54) is 5.56 Å². The molecule has 0 fully saturated rings. The van der Waals surface area contributed by atoms with Crippen LogP contribution in [0.2, 0.25) is 0 Å². The molecular weight excluding hydrogens is 199 g/mol. The minimum atomic E-state index is -0.0561. The van der Waals surface area contributed by atoms with Crippen LogP contribution in [0.4, 0.5) is 4.39 Å². The van der Waals surface area contributed by atoms with E-state index >= 15 is 0 Å². The van der Waals surface area contributed by atoms with Crippen molar-refractivity contribution in [1.29, 1.82) is 0 Å². The molecule has 1 aromatic rings. The van der Waals surface area contributed by atoms with Gasteiger partial charge in [-0.05, 0) is 62.3 Å². The van der Waals surface area contributed by atoms with Crippen LogP contribution in [0, 0.1) is 19.7 Å². The van der Waals surface area contributed by atoms with E-state index in [0.29, 0.717) is 5.92 Å². The number of allylic oxidation sites excluding steroid dienone is 2. The van der Waals surface area contributed by atoms with Crippen molar-refractivity contribution in [2.75, 3.05) is 0 Å². The van der Waals surface area contributed by atoms with Crippen LogP contribution in [0.15, 0.2) is 24.3 Å². The first-order chi connectivity index (χ1) is 7.60. The minimum Gasteiger partial charge on any atom is -0.207 e. The van der Waals surface area contributed by atoms with Gasteiger partial charge < -0.3 is 0 Å². The number of benzene rings is 1. The van der Waals surface area contributed by atoms with Crippen LogP contribution < -0.4 is 0 Å². The van der Waals surface area contributed by atoms with Crippen LogP contribution in [-0.2, 0) is 0 Å². The first kappa shape index (κ1) is 13.0. The van der Waals surface area contributed by atoms with Crippen molar-refractivity contribution in [2.45, 2.75) is 46.5 Å². The Morgan fingerprint density at radius 1 is 1.25 bits per heavy atom. The Kier molecular flexibility index (Phi) is 4.72. The molecule has 0 aliphatic heterocycles. The van der Waals surface area contributed by atoms with Gasteiger partial charge in [0.05, 0.1) is 0 Å². The third-order valence-electron chi connectivity index (χ3n) is 3.20. The van der Waals surface area contributed by atoms with E-state index in [4.69, 9.17) is 0 Å². The number of aryl methyl sites for hydroxylation is 2. The maximum Gasteiger partial charge on any atom is 0.126 e. The molecule has 0 aliphatic rings. The Hall–Kier alpha value is -1.11. The Labute approximate surface area is 98.2 Å². The van der Waals surface area contributed by atoms with Crippen LogP contribution in [-0.4, -0.2) is 0 Å². The molecule has 0 nitrogen and oxygen atoms in total. The standard InChI is InChI=1S/C15H21F/c1-5-7-8-13(6-2)14-9-11(3)12(4)10-15(14)16/h5,7,9-10,13H,6,8H2,1-4H3/b7-5-. The average Bonchev–Trinajstić information content (AvgIpc) is 2.26. The largest absolute Gasteiger partial charge is 0.207 e. The Bertz CT molecular complexity index is 377. The summed E-state index contributed by atoms with van der Waals surface area (Å²) in [6.07, 6.45) is 6.04. The smallest absolute Gasteiger partial charge is 0.126 e. The lowest BCUT2D eigenvalue weighted by atomic mass is 9.90. The van der Waals surface area contributed by atoms with Crippen molar-refractivity contribution in [1.82, 2.24) is 0 Å². The molecule has 0 heterocycles. The summed E-state index contributed by atoms with van der Waals surface area (Å²) in [5.74, 6) is 0.245. The third kappa shape index (κ3) is 2.94. The normalized spacial score (nSPS) is 13.3. The second-order valence-electron chi connectivity index (χ2n) is 4.37. The van der Waals surface area contributed by atoms with E-state index in [0.717, 1.165) is 24.0 Å². The second kappa shape index (κ2) is 5.83. The molecule has 0 radical (unpaired) electrons. The Morgan fingerprint density at radius 3 is 2.44 bits per heavy atom. The Balaban J connectivity index is 3.04. The first-order valence-electron chi connectivity index (χ1n) is 5.97. The summed E-state index contributed by atoms with van der Waals surface area (Å²) in [6, 6.07) is 3.66. The molecule has 0 aliphatic carbocycles. The summed E-state index contributed by atoms with van der Waals surface area (Å²) in [4.78, 5) is 0. The quantitative estimate of drug-likeness (QED) is 0.633. The van der Waals surface area contributed by atoms with E-state index < -0.39 is 0 Å². The molecule has 0 saturated heterocycles. The van der Waals surface area contributed by atoms with Gasteiger partial charge in [-0.25, -0.2) is 4.39 Å². The van der Waals surface area contributed by atoms with Crippen LogP contribution in [0.5, 0.6) is 0 Å². The lowest BCUT2D eigenvalue weighted by molar-refractivity contribution is 0.567. The number of rotatable bonds is 4. The van der Waals surface area contributed by atoms with Gasteiger partial charge in [-0.1, -0.05) is 25.1 Å². The molecule has 1 unspecified atom stereocenters. The highest BCUT2D eigenvalue weighted by Gasteiger charge is 2.13. The highest BCUT2D eigenvalue weighted by Crippen LogP contribution is 2.28. The van der Waals surface area contributed by atoms with Crippen molar-refractivity contribution in [3.8, 4) is 0 Å². The van der Waals surface area contributed by atoms with Crippen LogP contribution >= 0.6 is 0 Å². The van der Waals surface area contributed by atoms with Gasteiger partial charge in [0.15, 0.2) is 0 Å². The predicted octanol–water partition coefficient (Wildman–Crippen LogP) is 4.90. The summed E-state index contributed by atoms with van der Waals surface area (Å²) in [6.45, 7) is 8.11. The van der Waals surface area contributed by atoms with Gasteiger partial charge in [0.2, 0.25) is 0 Å². The van der Waals surface area contributed by atoms with Gasteiger partial charge >= 0.3 is 0 Å². The maximum atomic E-state index is 13.9. The zero-order chi connectivity index (χ0) is 12.1. The molecule has 0 saturated carbocycles. The Morgan fingerprint density at radius 2 is 1.88 bits per heavy atom. The molecular formula is C15H21F. The van der Waals surface area contributed by atoms with Crippen molar-refractivity contribution < 1.29 is 4.39 Å². The van der Waals surface area contributed by atoms with Crippen molar-refractivity contribution in [3.05, 3.63) is 46.8 Å². The van der Waals surface area contributed by atoms with Crippen molar-refractivity contribution in [3.63, 3.8) is 0 Å². The fourth-order valence-corrected chi connectivity index (χ4v) is 1.93. The van der Waals surface area contributed by atoms with Crippen molar-refractivity contribution in [2.24, 2.45) is 0 Å². The number of halogens is 1. The van der Waals surface area contributed by atoms with E-state index in [1.54, 1.807) is 6.07 Å². The molecule has 0 amide bonds. The second-order valence-corrected chi connectivity index (χ2v) is 4.37. The predicted molar refractivity (Wildman–Crippen MR) is 68.3 cm³/mol. The molecule has 1 atom stereocenters. The monoisotopic (exact) mass is 220 g/mol. The molecule has 0 aromatic heterocycles. The summed E-state index contributed by atoms with van der Waals surface area (Å²) in [5, 5.41) is 0. The zero-order valence-corrected chi connectivity index (χ0v) is 10.7. The van der Waals surface area contributed by atoms with E-state index in [1.807, 2.05) is 32.9 Å². The average molecular weight is 220 g/mol.